The third-order valence-corrected chi connectivity index (χ3v) is 5.58. The van der Waals surface area contributed by atoms with E-state index in [0.29, 0.717) is 0 Å². The Kier molecular flexibility index (Phi) is 2.60. The van der Waals surface area contributed by atoms with Crippen molar-refractivity contribution in [2.45, 2.75) is 6.92 Å². The fourth-order valence-electron chi connectivity index (χ4n) is 4.40. The van der Waals surface area contributed by atoms with Crippen molar-refractivity contribution < 1.29 is 0 Å². The Morgan fingerprint density at radius 1 is 0.538 bits per heavy atom. The lowest BCUT2D eigenvalue weighted by atomic mass is 10.0. The Hall–Kier alpha value is -3.32. The number of fused-ring (bicyclic) bond motifs is 6. The molecule has 0 N–H and O–H groups in total. The number of benzene rings is 4. The molecule has 0 aliphatic heterocycles. The molecule has 0 aliphatic carbocycles. The van der Waals surface area contributed by atoms with Gasteiger partial charge in [-0.25, -0.2) is 0 Å². The second-order valence-corrected chi connectivity index (χ2v) is 7.16. The first-order valence-electron chi connectivity index (χ1n) is 9.05. The molecule has 2 aromatic heterocycles. The Morgan fingerprint density at radius 2 is 1.35 bits per heavy atom. The van der Waals surface area contributed by atoms with Crippen LogP contribution in [-0.4, -0.2) is 4.40 Å². The van der Waals surface area contributed by atoms with E-state index < -0.39 is 0 Å². The smallest absolute Gasteiger partial charge is 0.0620 e. The molecule has 0 saturated heterocycles. The molecule has 0 aliphatic rings. The van der Waals surface area contributed by atoms with Gasteiger partial charge in [-0.2, -0.15) is 0 Å². The van der Waals surface area contributed by atoms with Gasteiger partial charge in [-0.1, -0.05) is 72.3 Å². The normalized spacial score (nSPS) is 12.0. The van der Waals surface area contributed by atoms with Crippen LogP contribution in [0.25, 0.3) is 49.2 Å². The molecule has 0 saturated carbocycles. The predicted molar refractivity (Wildman–Crippen MR) is 111 cm³/mol. The molecule has 6 rings (SSSR count). The van der Waals surface area contributed by atoms with Crippen molar-refractivity contribution >= 4 is 38.1 Å². The maximum Gasteiger partial charge on any atom is 0.0620 e. The second-order valence-electron chi connectivity index (χ2n) is 7.16. The molecule has 0 bridgehead atoms. The minimum atomic E-state index is 1.26. The highest BCUT2D eigenvalue weighted by atomic mass is 14.9. The van der Waals surface area contributed by atoms with Crippen LogP contribution in [0.4, 0.5) is 0 Å². The monoisotopic (exact) mass is 331 g/mol. The van der Waals surface area contributed by atoms with E-state index in [2.05, 4.69) is 96.3 Å². The lowest BCUT2D eigenvalue weighted by molar-refractivity contribution is 1.36. The van der Waals surface area contributed by atoms with Gasteiger partial charge in [-0.15, -0.1) is 0 Å². The molecule has 0 radical (unpaired) electrons. The summed E-state index contributed by atoms with van der Waals surface area (Å²) in [6.45, 7) is 2.17. The Labute approximate surface area is 151 Å². The summed E-state index contributed by atoms with van der Waals surface area (Å²) in [5, 5.41) is 5.36. The summed E-state index contributed by atoms with van der Waals surface area (Å²) in [4.78, 5) is 0. The average molecular weight is 331 g/mol. The van der Waals surface area contributed by atoms with Gasteiger partial charge in [0.15, 0.2) is 0 Å². The van der Waals surface area contributed by atoms with Gasteiger partial charge in [0.25, 0.3) is 0 Å². The molecule has 0 amide bonds. The van der Waals surface area contributed by atoms with E-state index >= 15 is 0 Å². The van der Waals surface area contributed by atoms with Crippen LogP contribution in [-0.2, 0) is 0 Å². The number of para-hydroxylation sites is 1. The first-order valence-corrected chi connectivity index (χ1v) is 9.05. The van der Waals surface area contributed by atoms with Crippen LogP contribution in [0.5, 0.6) is 0 Å². The molecule has 0 spiro atoms. The standard InChI is InChI=1S/C25H17N/c1-16-10-13-23-22(14-16)21-9-5-8-20-19-12-11-18(17-6-3-2-4-7-17)15-24(19)26(23)25(20)21/h2-15H,1H3. The van der Waals surface area contributed by atoms with E-state index in [0.717, 1.165) is 0 Å². The van der Waals surface area contributed by atoms with E-state index in [9.17, 15) is 0 Å². The highest BCUT2D eigenvalue weighted by molar-refractivity contribution is 6.23. The van der Waals surface area contributed by atoms with Crippen LogP contribution in [0.2, 0.25) is 0 Å². The molecular weight excluding hydrogens is 314 g/mol. The van der Waals surface area contributed by atoms with Crippen molar-refractivity contribution in [2.75, 3.05) is 0 Å². The molecule has 1 heteroatoms. The fraction of sp³-hybridized carbons (Fsp3) is 0.0400. The Morgan fingerprint density at radius 3 is 2.19 bits per heavy atom. The van der Waals surface area contributed by atoms with Gasteiger partial charge in [-0.05, 0) is 36.2 Å². The van der Waals surface area contributed by atoms with Gasteiger partial charge >= 0.3 is 0 Å². The fourth-order valence-corrected chi connectivity index (χ4v) is 4.40. The summed E-state index contributed by atoms with van der Waals surface area (Å²) < 4.78 is 2.45. The zero-order valence-corrected chi connectivity index (χ0v) is 14.5. The highest BCUT2D eigenvalue weighted by Crippen LogP contribution is 2.40. The molecule has 26 heavy (non-hydrogen) atoms. The SMILES string of the molecule is Cc1ccc2c(c1)c1cccc3c4ccc(-c5ccccc5)cc4n2c13. The van der Waals surface area contributed by atoms with E-state index in [1.54, 1.807) is 0 Å². The van der Waals surface area contributed by atoms with E-state index in [1.807, 2.05) is 0 Å². The molecular formula is C25H17N. The number of aryl methyl sites for hydroxylation is 1. The quantitative estimate of drug-likeness (QED) is 0.312. The van der Waals surface area contributed by atoms with Gasteiger partial charge in [0, 0.05) is 21.5 Å². The van der Waals surface area contributed by atoms with Crippen molar-refractivity contribution in [2.24, 2.45) is 0 Å². The zero-order chi connectivity index (χ0) is 17.3. The van der Waals surface area contributed by atoms with E-state index in [1.165, 1.54) is 54.8 Å². The topological polar surface area (TPSA) is 4.41 Å². The predicted octanol–water partition coefficient (Wildman–Crippen LogP) is 6.81. The lowest BCUT2D eigenvalue weighted by Gasteiger charge is -2.03. The summed E-state index contributed by atoms with van der Waals surface area (Å²) in [7, 11) is 0. The summed E-state index contributed by atoms with van der Waals surface area (Å²) in [5.41, 5.74) is 7.75. The minimum Gasteiger partial charge on any atom is -0.308 e. The number of hydrogen-bond acceptors (Lipinski definition) is 0. The van der Waals surface area contributed by atoms with Crippen molar-refractivity contribution in [3.8, 4) is 11.1 Å². The van der Waals surface area contributed by atoms with Crippen LogP contribution in [0.3, 0.4) is 0 Å². The number of rotatable bonds is 1. The Bertz CT molecular complexity index is 1420. The highest BCUT2D eigenvalue weighted by Gasteiger charge is 2.17. The zero-order valence-electron chi connectivity index (χ0n) is 14.5. The molecule has 2 heterocycles. The van der Waals surface area contributed by atoms with E-state index in [4.69, 9.17) is 0 Å². The van der Waals surface area contributed by atoms with Crippen LogP contribution in [0.1, 0.15) is 5.56 Å². The third kappa shape index (κ3) is 1.70. The number of hydrogen-bond donors (Lipinski definition) is 0. The van der Waals surface area contributed by atoms with Crippen LogP contribution >= 0.6 is 0 Å². The minimum absolute atomic E-state index is 1.26. The summed E-state index contributed by atoms with van der Waals surface area (Å²) in [5.74, 6) is 0. The first kappa shape index (κ1) is 13.9. The van der Waals surface area contributed by atoms with Crippen LogP contribution < -0.4 is 0 Å². The van der Waals surface area contributed by atoms with Crippen molar-refractivity contribution in [3.63, 3.8) is 0 Å². The van der Waals surface area contributed by atoms with Crippen molar-refractivity contribution in [3.05, 3.63) is 90.5 Å². The molecule has 0 fully saturated rings. The molecule has 0 atom stereocenters. The van der Waals surface area contributed by atoms with E-state index in [-0.39, 0.29) is 0 Å². The van der Waals surface area contributed by atoms with Gasteiger partial charge in [0.1, 0.15) is 0 Å². The third-order valence-electron chi connectivity index (χ3n) is 5.58. The van der Waals surface area contributed by atoms with Gasteiger partial charge in [0.05, 0.1) is 16.6 Å². The van der Waals surface area contributed by atoms with Gasteiger partial charge in [0.2, 0.25) is 0 Å². The second kappa shape index (κ2) is 4.86. The summed E-state index contributed by atoms with van der Waals surface area (Å²) >= 11 is 0. The van der Waals surface area contributed by atoms with Gasteiger partial charge in [-0.3, -0.25) is 0 Å². The van der Waals surface area contributed by atoms with Crippen LogP contribution in [0, 0.1) is 6.92 Å². The summed E-state index contributed by atoms with van der Waals surface area (Å²) in [6.07, 6.45) is 0. The van der Waals surface area contributed by atoms with Crippen molar-refractivity contribution in [1.82, 2.24) is 4.40 Å². The number of aromatic nitrogens is 1. The summed E-state index contributed by atoms with van der Waals surface area (Å²) in [6, 6.07) is 30.9. The molecule has 0 unspecified atom stereocenters. The maximum absolute atomic E-state index is 2.45. The maximum atomic E-state index is 2.45. The van der Waals surface area contributed by atoms with Crippen LogP contribution in [0.15, 0.2) is 84.9 Å². The molecule has 1 nitrogen and oxygen atoms in total. The number of nitrogens with zero attached hydrogens (tertiary/aromatic N) is 1. The first-order chi connectivity index (χ1) is 12.8. The largest absolute Gasteiger partial charge is 0.308 e. The average Bonchev–Trinajstić information content (AvgIpc) is 3.19. The molecule has 122 valence electrons. The van der Waals surface area contributed by atoms with Crippen molar-refractivity contribution in [1.29, 1.82) is 0 Å². The molecule has 6 aromatic rings. The Balaban J connectivity index is 1.84. The lowest BCUT2D eigenvalue weighted by Crippen LogP contribution is -1.83. The molecule has 4 aromatic carbocycles. The van der Waals surface area contributed by atoms with Gasteiger partial charge < -0.3 is 4.40 Å².